The molecule has 0 aromatic heterocycles. The molecule has 0 spiro atoms. The van der Waals surface area contributed by atoms with Crippen molar-refractivity contribution in [2.45, 2.75) is 0 Å². The van der Waals surface area contributed by atoms with Gasteiger partial charge in [0.2, 0.25) is 5.96 Å². The van der Waals surface area contributed by atoms with E-state index in [1.54, 1.807) is 19.2 Å². The number of carboxylic acids is 1. The van der Waals surface area contributed by atoms with E-state index in [9.17, 15) is 9.59 Å². The van der Waals surface area contributed by atoms with Gasteiger partial charge in [0, 0.05) is 12.7 Å². The third kappa shape index (κ3) is 2.25. The van der Waals surface area contributed by atoms with E-state index in [1.165, 1.54) is 17.0 Å². The van der Waals surface area contributed by atoms with Crippen molar-refractivity contribution in [1.29, 1.82) is 0 Å². The number of amides is 1. The average Bonchev–Trinajstić information content (AvgIpc) is 2.62. The molecule has 1 amide bonds. The molecule has 0 saturated carbocycles. The molecule has 17 heavy (non-hydrogen) atoms. The fraction of sp³-hybridized carbons (Fsp3) is 0.182. The van der Waals surface area contributed by atoms with Gasteiger partial charge in [-0.15, -0.1) is 0 Å². The number of carbonyl (C=O) groups is 2. The summed E-state index contributed by atoms with van der Waals surface area (Å²) < 4.78 is 0. The molecule has 6 nitrogen and oxygen atoms in total. The Labute approximate surface area is 97.6 Å². The highest BCUT2D eigenvalue weighted by Crippen LogP contribution is 2.11. The minimum Gasteiger partial charge on any atom is -0.478 e. The number of guanidine groups is 1. The SMILES string of the molecule is CN1C(=O)CN=C1Nc1ccc(C(=O)O)cc1. The second-order valence-electron chi connectivity index (χ2n) is 3.60. The molecule has 0 saturated heterocycles. The molecule has 0 aliphatic carbocycles. The van der Waals surface area contributed by atoms with Gasteiger partial charge in [0.25, 0.3) is 5.91 Å². The molecule has 0 radical (unpaired) electrons. The molecule has 0 unspecified atom stereocenters. The maximum Gasteiger partial charge on any atom is 0.335 e. The van der Waals surface area contributed by atoms with Crippen LogP contribution in [0.4, 0.5) is 5.69 Å². The first kappa shape index (κ1) is 11.1. The summed E-state index contributed by atoms with van der Waals surface area (Å²) in [5, 5.41) is 11.7. The molecule has 1 aliphatic heterocycles. The number of rotatable bonds is 2. The Hall–Kier alpha value is -2.37. The van der Waals surface area contributed by atoms with Gasteiger partial charge in [0.05, 0.1) is 5.56 Å². The van der Waals surface area contributed by atoms with Crippen LogP contribution in [0.15, 0.2) is 29.3 Å². The van der Waals surface area contributed by atoms with E-state index in [1.807, 2.05) is 0 Å². The predicted molar refractivity (Wildman–Crippen MR) is 62.1 cm³/mol. The van der Waals surface area contributed by atoms with Crippen LogP contribution in [-0.2, 0) is 4.79 Å². The maximum atomic E-state index is 11.2. The fourth-order valence-electron chi connectivity index (χ4n) is 1.42. The molecule has 88 valence electrons. The molecule has 1 aromatic carbocycles. The number of nitrogens with one attached hydrogen (secondary N) is 1. The van der Waals surface area contributed by atoms with Gasteiger partial charge < -0.3 is 10.4 Å². The monoisotopic (exact) mass is 233 g/mol. The molecule has 2 N–H and O–H groups in total. The van der Waals surface area contributed by atoms with E-state index in [4.69, 9.17) is 5.11 Å². The van der Waals surface area contributed by atoms with Crippen molar-refractivity contribution >= 4 is 23.5 Å². The zero-order valence-corrected chi connectivity index (χ0v) is 9.17. The number of carbonyl (C=O) groups excluding carboxylic acids is 1. The number of carboxylic acid groups (broad SMARTS) is 1. The Morgan fingerprint density at radius 3 is 2.53 bits per heavy atom. The molecule has 1 heterocycles. The fourth-order valence-corrected chi connectivity index (χ4v) is 1.42. The summed E-state index contributed by atoms with van der Waals surface area (Å²) in [4.78, 5) is 27.3. The van der Waals surface area contributed by atoms with Gasteiger partial charge in [-0.05, 0) is 24.3 Å². The molecule has 0 bridgehead atoms. The molecule has 1 aliphatic rings. The van der Waals surface area contributed by atoms with Gasteiger partial charge >= 0.3 is 5.97 Å². The van der Waals surface area contributed by atoms with E-state index in [0.717, 1.165) is 0 Å². The summed E-state index contributed by atoms with van der Waals surface area (Å²) in [6.45, 7) is 0.145. The normalized spacial score (nSPS) is 14.8. The molecular weight excluding hydrogens is 222 g/mol. The number of likely N-dealkylation sites (N-methyl/N-ethyl adjacent to an activating group) is 1. The average molecular weight is 233 g/mol. The largest absolute Gasteiger partial charge is 0.478 e. The number of aromatic carboxylic acids is 1. The van der Waals surface area contributed by atoms with Crippen LogP contribution in [0.5, 0.6) is 0 Å². The predicted octanol–water partition coefficient (Wildman–Crippen LogP) is 0.625. The Bertz CT molecular complexity index is 493. The van der Waals surface area contributed by atoms with E-state index in [-0.39, 0.29) is 18.0 Å². The van der Waals surface area contributed by atoms with Crippen LogP contribution in [0.1, 0.15) is 10.4 Å². The van der Waals surface area contributed by atoms with Crippen molar-refractivity contribution in [2.75, 3.05) is 18.9 Å². The van der Waals surface area contributed by atoms with Gasteiger partial charge in [0.1, 0.15) is 6.54 Å². The van der Waals surface area contributed by atoms with Crippen molar-refractivity contribution in [3.05, 3.63) is 29.8 Å². The minimum absolute atomic E-state index is 0.0744. The second-order valence-corrected chi connectivity index (χ2v) is 3.60. The number of anilines is 1. The summed E-state index contributed by atoms with van der Waals surface area (Å²) in [5.74, 6) is -0.574. The molecule has 0 fully saturated rings. The number of nitrogens with zero attached hydrogens (tertiary/aromatic N) is 2. The quantitative estimate of drug-likeness (QED) is 0.784. The summed E-state index contributed by atoms with van der Waals surface area (Å²) in [7, 11) is 1.63. The van der Waals surface area contributed by atoms with Gasteiger partial charge in [-0.2, -0.15) is 0 Å². The van der Waals surface area contributed by atoms with E-state index < -0.39 is 5.97 Å². The lowest BCUT2D eigenvalue weighted by atomic mass is 10.2. The van der Waals surface area contributed by atoms with Crippen molar-refractivity contribution in [3.63, 3.8) is 0 Å². The first-order valence-corrected chi connectivity index (χ1v) is 4.99. The molecule has 2 rings (SSSR count). The Kier molecular flexibility index (Phi) is 2.78. The van der Waals surface area contributed by atoms with Crippen molar-refractivity contribution in [3.8, 4) is 0 Å². The van der Waals surface area contributed by atoms with Crippen LogP contribution in [0, 0.1) is 0 Å². The third-order valence-corrected chi connectivity index (χ3v) is 2.44. The highest BCUT2D eigenvalue weighted by molar-refractivity contribution is 6.08. The van der Waals surface area contributed by atoms with Gasteiger partial charge in [-0.1, -0.05) is 0 Å². The van der Waals surface area contributed by atoms with Gasteiger partial charge in [0.15, 0.2) is 0 Å². The maximum absolute atomic E-state index is 11.2. The smallest absolute Gasteiger partial charge is 0.335 e. The number of hydrogen-bond acceptors (Lipinski definition) is 4. The summed E-state index contributed by atoms with van der Waals surface area (Å²) in [6, 6.07) is 6.23. The Morgan fingerprint density at radius 2 is 2.06 bits per heavy atom. The highest BCUT2D eigenvalue weighted by Gasteiger charge is 2.20. The number of benzene rings is 1. The molecule has 1 aromatic rings. The lowest BCUT2D eigenvalue weighted by Gasteiger charge is -2.13. The lowest BCUT2D eigenvalue weighted by molar-refractivity contribution is -0.123. The van der Waals surface area contributed by atoms with E-state index in [2.05, 4.69) is 10.3 Å². The van der Waals surface area contributed by atoms with Crippen LogP contribution in [0.3, 0.4) is 0 Å². The third-order valence-electron chi connectivity index (χ3n) is 2.44. The summed E-state index contributed by atoms with van der Waals surface area (Å²) in [5.41, 5.74) is 0.906. The Balaban J connectivity index is 2.10. The Morgan fingerprint density at radius 1 is 1.41 bits per heavy atom. The standard InChI is InChI=1S/C11H11N3O3/c1-14-9(15)6-12-11(14)13-8-4-2-7(3-5-8)10(16)17/h2-5H,6H2,1H3,(H,12,13)(H,16,17). The summed E-state index contributed by atoms with van der Waals surface area (Å²) >= 11 is 0. The molecule has 0 atom stereocenters. The minimum atomic E-state index is -0.970. The van der Waals surface area contributed by atoms with Crippen LogP contribution >= 0.6 is 0 Å². The zero-order chi connectivity index (χ0) is 12.4. The van der Waals surface area contributed by atoms with Crippen molar-refractivity contribution in [1.82, 2.24) is 4.90 Å². The van der Waals surface area contributed by atoms with E-state index >= 15 is 0 Å². The molecular formula is C11H11N3O3. The van der Waals surface area contributed by atoms with Gasteiger partial charge in [-0.3, -0.25) is 9.69 Å². The highest BCUT2D eigenvalue weighted by atomic mass is 16.4. The van der Waals surface area contributed by atoms with Crippen LogP contribution in [0.25, 0.3) is 0 Å². The number of hydrogen-bond donors (Lipinski definition) is 2. The van der Waals surface area contributed by atoms with Crippen LogP contribution < -0.4 is 5.32 Å². The first-order chi connectivity index (χ1) is 8.08. The lowest BCUT2D eigenvalue weighted by Crippen LogP contribution is -2.32. The van der Waals surface area contributed by atoms with Gasteiger partial charge in [-0.25, -0.2) is 9.79 Å². The first-order valence-electron chi connectivity index (χ1n) is 4.99. The zero-order valence-electron chi connectivity index (χ0n) is 9.17. The number of aliphatic imine (C=N–C) groups is 1. The second kappa shape index (κ2) is 4.25. The van der Waals surface area contributed by atoms with Crippen molar-refractivity contribution in [2.24, 2.45) is 4.99 Å². The van der Waals surface area contributed by atoms with Crippen molar-refractivity contribution < 1.29 is 14.7 Å². The van der Waals surface area contributed by atoms with Crippen LogP contribution in [0.2, 0.25) is 0 Å². The molecule has 6 heteroatoms. The topological polar surface area (TPSA) is 82.0 Å². The summed E-state index contributed by atoms with van der Waals surface area (Å²) in [6.07, 6.45) is 0. The van der Waals surface area contributed by atoms with E-state index in [0.29, 0.717) is 11.6 Å². The van der Waals surface area contributed by atoms with Crippen LogP contribution in [-0.4, -0.2) is 41.4 Å².